The van der Waals surface area contributed by atoms with Crippen molar-refractivity contribution in [2.45, 2.75) is 13.0 Å². The zero-order chi connectivity index (χ0) is 14.5. The van der Waals surface area contributed by atoms with E-state index in [1.807, 2.05) is 4.90 Å². The van der Waals surface area contributed by atoms with Crippen LogP contribution in [0.1, 0.15) is 12.0 Å². The minimum Gasteiger partial charge on any atom is -0.395 e. The van der Waals surface area contributed by atoms with E-state index in [0.29, 0.717) is 25.3 Å². The largest absolute Gasteiger partial charge is 0.395 e. The molecular weight excluding hydrogens is 264 g/mol. The van der Waals surface area contributed by atoms with Crippen molar-refractivity contribution in [1.82, 2.24) is 4.90 Å². The van der Waals surface area contributed by atoms with E-state index in [1.165, 1.54) is 0 Å². The molecule has 0 aliphatic carbocycles. The van der Waals surface area contributed by atoms with Crippen LogP contribution >= 0.6 is 0 Å². The SMILES string of the molecule is NCc1ccc(N2CCCN(CCO)CC2)c(F)c1F. The lowest BCUT2D eigenvalue weighted by Gasteiger charge is -2.24. The number of hydrogen-bond donors (Lipinski definition) is 2. The highest BCUT2D eigenvalue weighted by Crippen LogP contribution is 2.25. The van der Waals surface area contributed by atoms with Crippen LogP contribution in [0.4, 0.5) is 14.5 Å². The van der Waals surface area contributed by atoms with Gasteiger partial charge < -0.3 is 15.7 Å². The Morgan fingerprint density at radius 3 is 2.60 bits per heavy atom. The molecule has 1 saturated heterocycles. The summed E-state index contributed by atoms with van der Waals surface area (Å²) < 4.78 is 27.9. The number of nitrogens with zero attached hydrogens (tertiary/aromatic N) is 2. The van der Waals surface area contributed by atoms with Gasteiger partial charge in [0.25, 0.3) is 0 Å². The number of halogens is 2. The number of benzene rings is 1. The third-order valence-electron chi connectivity index (χ3n) is 3.71. The Labute approximate surface area is 117 Å². The number of aliphatic hydroxyl groups excluding tert-OH is 1. The minimum absolute atomic E-state index is 0.00664. The van der Waals surface area contributed by atoms with Gasteiger partial charge in [-0.2, -0.15) is 0 Å². The van der Waals surface area contributed by atoms with Crippen LogP contribution in [0.2, 0.25) is 0 Å². The van der Waals surface area contributed by atoms with Crippen molar-refractivity contribution in [3.05, 3.63) is 29.3 Å². The first-order chi connectivity index (χ1) is 9.67. The van der Waals surface area contributed by atoms with Crippen molar-refractivity contribution in [2.75, 3.05) is 44.2 Å². The smallest absolute Gasteiger partial charge is 0.182 e. The van der Waals surface area contributed by atoms with Gasteiger partial charge in [0.15, 0.2) is 11.6 Å². The van der Waals surface area contributed by atoms with Gasteiger partial charge in [0.2, 0.25) is 0 Å². The molecule has 1 aromatic rings. The number of hydrogen-bond acceptors (Lipinski definition) is 4. The van der Waals surface area contributed by atoms with E-state index in [4.69, 9.17) is 10.8 Å². The summed E-state index contributed by atoms with van der Waals surface area (Å²) in [5, 5.41) is 8.95. The second-order valence-electron chi connectivity index (χ2n) is 4.98. The van der Waals surface area contributed by atoms with Crippen molar-refractivity contribution in [3.63, 3.8) is 0 Å². The van der Waals surface area contributed by atoms with E-state index in [0.717, 1.165) is 19.5 Å². The molecule has 1 aromatic carbocycles. The standard InChI is InChI=1S/C14H21F2N3O/c15-13-11(10-17)2-3-12(14(13)16)19-5-1-4-18(6-7-19)8-9-20/h2-3,20H,1,4-10,17H2. The molecule has 1 fully saturated rings. The predicted octanol–water partition coefficient (Wildman–Crippen LogP) is 0.928. The summed E-state index contributed by atoms with van der Waals surface area (Å²) in [4.78, 5) is 3.98. The van der Waals surface area contributed by atoms with Crippen LogP contribution in [0.15, 0.2) is 12.1 Å². The van der Waals surface area contributed by atoms with E-state index in [1.54, 1.807) is 12.1 Å². The van der Waals surface area contributed by atoms with Gasteiger partial charge in [-0.25, -0.2) is 8.78 Å². The van der Waals surface area contributed by atoms with E-state index in [2.05, 4.69) is 4.90 Å². The molecule has 0 spiro atoms. The lowest BCUT2D eigenvalue weighted by Crippen LogP contribution is -2.32. The lowest BCUT2D eigenvalue weighted by molar-refractivity contribution is 0.204. The van der Waals surface area contributed by atoms with Crippen molar-refractivity contribution < 1.29 is 13.9 Å². The molecule has 1 aliphatic heterocycles. The zero-order valence-corrected chi connectivity index (χ0v) is 11.5. The van der Waals surface area contributed by atoms with Gasteiger partial charge in [0.05, 0.1) is 12.3 Å². The molecule has 0 amide bonds. The molecule has 0 aromatic heterocycles. The molecule has 0 unspecified atom stereocenters. The molecule has 0 atom stereocenters. The number of anilines is 1. The van der Waals surface area contributed by atoms with Gasteiger partial charge >= 0.3 is 0 Å². The normalized spacial score (nSPS) is 17.3. The maximum absolute atomic E-state index is 14.1. The molecule has 0 saturated carbocycles. The van der Waals surface area contributed by atoms with Crippen LogP contribution in [0.3, 0.4) is 0 Å². The Morgan fingerprint density at radius 1 is 1.10 bits per heavy atom. The van der Waals surface area contributed by atoms with Gasteiger partial charge in [0.1, 0.15) is 0 Å². The van der Waals surface area contributed by atoms with Gasteiger partial charge in [-0.15, -0.1) is 0 Å². The molecule has 1 heterocycles. The molecule has 6 heteroatoms. The Morgan fingerprint density at radius 2 is 1.90 bits per heavy atom. The van der Waals surface area contributed by atoms with Crippen molar-refractivity contribution >= 4 is 5.69 Å². The van der Waals surface area contributed by atoms with Crippen molar-refractivity contribution in [2.24, 2.45) is 5.73 Å². The van der Waals surface area contributed by atoms with Crippen LogP contribution in [0.25, 0.3) is 0 Å². The fourth-order valence-corrected chi connectivity index (χ4v) is 2.56. The second kappa shape index (κ2) is 6.97. The summed E-state index contributed by atoms with van der Waals surface area (Å²) in [6, 6.07) is 3.15. The fourth-order valence-electron chi connectivity index (χ4n) is 2.56. The minimum atomic E-state index is -0.846. The molecular formula is C14H21F2N3O. The molecule has 2 rings (SSSR count). The third-order valence-corrected chi connectivity index (χ3v) is 3.71. The monoisotopic (exact) mass is 285 g/mol. The number of nitrogens with two attached hydrogens (primary N) is 1. The Bertz CT molecular complexity index is 456. The van der Waals surface area contributed by atoms with Crippen molar-refractivity contribution in [1.29, 1.82) is 0 Å². The average molecular weight is 285 g/mol. The predicted molar refractivity (Wildman–Crippen MR) is 74.6 cm³/mol. The molecule has 4 nitrogen and oxygen atoms in total. The first kappa shape index (κ1) is 15.2. The van der Waals surface area contributed by atoms with Gasteiger partial charge in [0, 0.05) is 38.3 Å². The highest BCUT2D eigenvalue weighted by atomic mass is 19.2. The van der Waals surface area contributed by atoms with Crippen LogP contribution in [-0.4, -0.2) is 49.3 Å². The fraction of sp³-hybridized carbons (Fsp3) is 0.571. The summed E-state index contributed by atoms with van der Waals surface area (Å²) in [5.41, 5.74) is 5.87. The Hall–Kier alpha value is -1.24. The highest BCUT2D eigenvalue weighted by molar-refractivity contribution is 5.50. The molecule has 0 radical (unpaired) electrons. The van der Waals surface area contributed by atoms with Crippen LogP contribution < -0.4 is 10.6 Å². The summed E-state index contributed by atoms with van der Waals surface area (Å²) in [7, 11) is 0. The second-order valence-corrected chi connectivity index (χ2v) is 4.98. The lowest BCUT2D eigenvalue weighted by atomic mass is 10.1. The molecule has 20 heavy (non-hydrogen) atoms. The summed E-state index contributed by atoms with van der Waals surface area (Å²) >= 11 is 0. The topological polar surface area (TPSA) is 52.7 Å². The molecule has 0 bridgehead atoms. The average Bonchev–Trinajstić information content (AvgIpc) is 2.68. The van der Waals surface area contributed by atoms with Crippen molar-refractivity contribution in [3.8, 4) is 0 Å². The maximum atomic E-state index is 14.1. The highest BCUT2D eigenvalue weighted by Gasteiger charge is 2.20. The Balaban J connectivity index is 2.14. The first-order valence-electron chi connectivity index (χ1n) is 6.92. The van der Waals surface area contributed by atoms with Crippen LogP contribution in [-0.2, 0) is 6.54 Å². The van der Waals surface area contributed by atoms with E-state index >= 15 is 0 Å². The van der Waals surface area contributed by atoms with E-state index < -0.39 is 11.6 Å². The third kappa shape index (κ3) is 3.26. The number of β-amino-alcohol motifs (C(OH)–C–C–N with tert-alkyl or cyclic N) is 1. The van der Waals surface area contributed by atoms with E-state index in [-0.39, 0.29) is 18.7 Å². The van der Waals surface area contributed by atoms with Crippen LogP contribution in [0.5, 0.6) is 0 Å². The van der Waals surface area contributed by atoms with Gasteiger partial charge in [-0.05, 0) is 19.0 Å². The maximum Gasteiger partial charge on any atom is 0.182 e. The van der Waals surface area contributed by atoms with E-state index in [9.17, 15) is 8.78 Å². The molecule has 112 valence electrons. The summed E-state index contributed by atoms with van der Waals surface area (Å²) in [6.45, 7) is 3.64. The zero-order valence-electron chi connectivity index (χ0n) is 11.5. The molecule has 3 N–H and O–H groups in total. The number of aliphatic hydroxyl groups is 1. The molecule has 1 aliphatic rings. The summed E-state index contributed by atoms with van der Waals surface area (Å²) in [6.07, 6.45) is 0.861. The van der Waals surface area contributed by atoms with Gasteiger partial charge in [-0.3, -0.25) is 4.90 Å². The van der Waals surface area contributed by atoms with Crippen LogP contribution in [0, 0.1) is 11.6 Å². The quantitative estimate of drug-likeness (QED) is 0.864. The summed E-state index contributed by atoms with van der Waals surface area (Å²) in [5.74, 6) is -1.66. The Kier molecular flexibility index (Phi) is 5.28. The number of rotatable bonds is 4. The van der Waals surface area contributed by atoms with Gasteiger partial charge in [-0.1, -0.05) is 6.07 Å². The first-order valence-corrected chi connectivity index (χ1v) is 6.92.